The minimum Gasteiger partial charge on any atom is -0.370 e. The van der Waals surface area contributed by atoms with E-state index in [1.54, 1.807) is 12.1 Å². The number of aromatic nitrogens is 1. The summed E-state index contributed by atoms with van der Waals surface area (Å²) in [6, 6.07) is 5.79. The zero-order valence-electron chi connectivity index (χ0n) is 36.4. The molecule has 8 N–H and O–H groups in total. The first-order valence-electron chi connectivity index (χ1n) is 22.1. The highest BCUT2D eigenvalue weighted by molar-refractivity contribution is 7.52. The molecule has 5 heterocycles. The molecule has 19 nitrogen and oxygen atoms in total. The molecule has 4 aliphatic rings. The summed E-state index contributed by atoms with van der Waals surface area (Å²) in [5.74, 6) is 2.45. The minimum absolute atomic E-state index is 0.0358. The van der Waals surface area contributed by atoms with Gasteiger partial charge in [-0.1, -0.05) is 30.4 Å². The van der Waals surface area contributed by atoms with Crippen LogP contribution in [0.2, 0.25) is 0 Å². The molecule has 0 aliphatic carbocycles. The molecule has 0 bridgehead atoms. The molecule has 3 aromatic rings. The topological polar surface area (TPSA) is 282 Å². The van der Waals surface area contributed by atoms with E-state index in [4.69, 9.17) is 5.73 Å². The fraction of sp³-hybridized carbons (Fsp3) is 0.467. The van der Waals surface area contributed by atoms with Crippen molar-refractivity contribution in [2.75, 3.05) is 19.6 Å². The number of nitrogens with two attached hydrogens (primary N) is 1. The third kappa shape index (κ3) is 10.7. The number of piperidine rings is 1. The average molecular weight is 949 g/mol. The molecule has 8 amide bonds. The van der Waals surface area contributed by atoms with Gasteiger partial charge in [-0.15, -0.1) is 0 Å². The lowest BCUT2D eigenvalue weighted by molar-refractivity contribution is -0.145. The quantitative estimate of drug-likeness (QED) is 0.0502. The van der Waals surface area contributed by atoms with Crippen molar-refractivity contribution < 1.29 is 61.5 Å². The second kappa shape index (κ2) is 20.2. The summed E-state index contributed by atoms with van der Waals surface area (Å²) >= 11 is 0. The van der Waals surface area contributed by atoms with E-state index in [9.17, 15) is 61.5 Å². The standard InChI is InChI=1S/C45H51F2N8O11P/c46-45(47,67(64,65)66)28-13-15-32-27(22-28)23-33(50-32)40(59)51-34-25-53(21-19-29-14-16-36(55(29)44(34)63)41(60)49-20-7-11-37(48)56)39(58)12-5-3-1-2-4-8-26-9-6-10-30-31(26)24-54(43(30)62)35-17-18-38(57)52-42(35)61/h6,9-10,13,15,22-23,29,34-36,50H,1-3,5,7,11-12,14,16-21,24-25H2,(H2,48,56)(H,49,60)(H,51,59)(H,52,57,61)(H2,64,65,66)/t29-,34+,35?,36+/m1/s1. The first-order chi connectivity index (χ1) is 31.8. The zero-order chi connectivity index (χ0) is 48.2. The van der Waals surface area contributed by atoms with Crippen molar-refractivity contribution in [3.63, 3.8) is 0 Å². The van der Waals surface area contributed by atoms with Crippen LogP contribution in [0, 0.1) is 11.8 Å². The maximum absolute atomic E-state index is 14.5. The number of halogens is 2. The van der Waals surface area contributed by atoms with E-state index in [-0.39, 0.29) is 86.2 Å². The number of imide groups is 1. The molecular formula is C45H51F2N8O11P. The maximum Gasteiger partial charge on any atom is 0.399 e. The SMILES string of the molecule is NC(=O)CCCNC(=O)[C@@H]1CC[C@@H]2CCN(C(=O)CCCCCC#Cc3cccc4c3CN(C3CCC(=O)NC3=O)C4=O)C[C@H](NC(=O)c3cc4cc(C(F)(F)P(=O)(O)O)ccc4[nH]3)C(=O)N21. The van der Waals surface area contributed by atoms with Crippen molar-refractivity contribution in [3.8, 4) is 11.8 Å². The minimum atomic E-state index is -5.88. The van der Waals surface area contributed by atoms with Crippen molar-refractivity contribution in [2.24, 2.45) is 5.73 Å². The molecule has 2 aromatic carbocycles. The van der Waals surface area contributed by atoms with Crippen molar-refractivity contribution >= 4 is 65.8 Å². The number of H-pyrrole nitrogens is 1. The number of nitrogens with zero attached hydrogens (tertiary/aromatic N) is 3. The van der Waals surface area contributed by atoms with Gasteiger partial charge < -0.3 is 45.8 Å². The summed E-state index contributed by atoms with van der Waals surface area (Å²) in [7, 11) is -5.88. The van der Waals surface area contributed by atoms with Crippen LogP contribution in [0.3, 0.4) is 0 Å². The Morgan fingerprint density at radius 2 is 1.75 bits per heavy atom. The molecule has 4 atom stereocenters. The van der Waals surface area contributed by atoms with Crippen LogP contribution in [-0.4, -0.2) is 121 Å². The van der Waals surface area contributed by atoms with E-state index in [1.165, 1.54) is 20.8 Å². The first kappa shape index (κ1) is 48.4. The molecule has 0 radical (unpaired) electrons. The molecule has 1 aromatic heterocycles. The molecule has 4 aliphatic heterocycles. The van der Waals surface area contributed by atoms with Crippen LogP contribution in [0.15, 0.2) is 42.5 Å². The Morgan fingerprint density at radius 1 is 0.955 bits per heavy atom. The van der Waals surface area contributed by atoms with Gasteiger partial charge in [-0.25, -0.2) is 0 Å². The van der Waals surface area contributed by atoms with E-state index >= 15 is 0 Å². The maximum atomic E-state index is 14.5. The Kier molecular flexibility index (Phi) is 14.6. The second-order valence-corrected chi connectivity index (χ2v) is 18.8. The van der Waals surface area contributed by atoms with Crippen molar-refractivity contribution in [2.45, 2.75) is 113 Å². The third-order valence-corrected chi connectivity index (χ3v) is 13.6. The number of nitrogens with one attached hydrogen (secondary N) is 4. The monoisotopic (exact) mass is 948 g/mol. The van der Waals surface area contributed by atoms with Gasteiger partial charge in [-0.3, -0.25) is 48.2 Å². The number of hydrogen-bond donors (Lipinski definition) is 7. The molecule has 0 saturated carbocycles. The van der Waals surface area contributed by atoms with E-state index in [1.807, 2.05) is 6.07 Å². The number of alkyl halides is 2. The van der Waals surface area contributed by atoms with Crippen LogP contribution in [0.25, 0.3) is 10.9 Å². The normalized spacial score (nSPS) is 20.9. The molecule has 356 valence electrons. The summed E-state index contributed by atoms with van der Waals surface area (Å²) in [6.07, 6.45) is 4.26. The van der Waals surface area contributed by atoms with Gasteiger partial charge in [0.25, 0.3) is 11.8 Å². The molecule has 22 heteroatoms. The lowest BCUT2D eigenvalue weighted by Crippen LogP contribution is -2.61. The Balaban J connectivity index is 0.990. The highest BCUT2D eigenvalue weighted by Gasteiger charge is 2.50. The third-order valence-electron chi connectivity index (χ3n) is 12.6. The predicted octanol–water partition coefficient (Wildman–Crippen LogP) is 2.23. The number of primary amides is 1. The summed E-state index contributed by atoms with van der Waals surface area (Å²) in [5.41, 5.74) is 1.63. The molecule has 0 spiro atoms. The second-order valence-electron chi connectivity index (χ2n) is 17.2. The Labute approximate surface area is 383 Å². The Hall–Kier alpha value is -6.49. The average Bonchev–Trinajstić information content (AvgIpc) is 4.00. The highest BCUT2D eigenvalue weighted by Crippen LogP contribution is 2.59. The van der Waals surface area contributed by atoms with Gasteiger partial charge in [-0.2, -0.15) is 8.78 Å². The number of unbranched alkanes of at least 4 members (excludes halogenated alkanes) is 3. The summed E-state index contributed by atoms with van der Waals surface area (Å²) < 4.78 is 40.5. The molecule has 7 rings (SSSR count). The van der Waals surface area contributed by atoms with Gasteiger partial charge in [0.2, 0.25) is 35.4 Å². The van der Waals surface area contributed by atoms with Crippen LogP contribution >= 0.6 is 7.60 Å². The van der Waals surface area contributed by atoms with Gasteiger partial charge >= 0.3 is 13.3 Å². The van der Waals surface area contributed by atoms with Crippen LogP contribution in [0.4, 0.5) is 8.78 Å². The summed E-state index contributed by atoms with van der Waals surface area (Å²) in [5, 5.41) is 7.76. The zero-order valence-corrected chi connectivity index (χ0v) is 37.2. The number of benzene rings is 2. The van der Waals surface area contributed by atoms with E-state index in [0.717, 1.165) is 23.8 Å². The van der Waals surface area contributed by atoms with Crippen LogP contribution in [0.5, 0.6) is 0 Å². The van der Waals surface area contributed by atoms with Gasteiger partial charge in [0.05, 0.1) is 0 Å². The molecule has 67 heavy (non-hydrogen) atoms. The Bertz CT molecular complexity index is 2620. The Morgan fingerprint density at radius 3 is 2.49 bits per heavy atom. The lowest BCUT2D eigenvalue weighted by atomic mass is 10.0. The number of fused-ring (bicyclic) bond motifs is 3. The molecule has 3 saturated heterocycles. The number of amides is 8. The number of carbonyl (C=O) groups is 8. The van der Waals surface area contributed by atoms with Crippen molar-refractivity contribution in [3.05, 3.63) is 70.4 Å². The number of hydrogen-bond acceptors (Lipinski definition) is 9. The summed E-state index contributed by atoms with van der Waals surface area (Å²) in [6.45, 7) is 0.318. The van der Waals surface area contributed by atoms with E-state index in [0.29, 0.717) is 62.5 Å². The first-order valence-corrected chi connectivity index (χ1v) is 23.7. The van der Waals surface area contributed by atoms with Gasteiger partial charge in [0.15, 0.2) is 0 Å². The number of carbonyl (C=O) groups excluding carboxylic acids is 8. The van der Waals surface area contributed by atoms with Crippen LogP contribution in [-0.2, 0) is 45.5 Å². The van der Waals surface area contributed by atoms with Crippen molar-refractivity contribution in [1.29, 1.82) is 0 Å². The fourth-order valence-corrected chi connectivity index (χ4v) is 9.56. The fourth-order valence-electron chi connectivity index (χ4n) is 9.09. The smallest absolute Gasteiger partial charge is 0.370 e. The molecular weight excluding hydrogens is 898 g/mol. The van der Waals surface area contributed by atoms with Gasteiger partial charge in [0.1, 0.15) is 23.8 Å². The predicted molar refractivity (Wildman–Crippen MR) is 234 cm³/mol. The number of aromatic amines is 1. The molecule has 1 unspecified atom stereocenters. The van der Waals surface area contributed by atoms with Crippen LogP contribution < -0.4 is 21.7 Å². The van der Waals surface area contributed by atoms with Crippen LogP contribution in [0.1, 0.15) is 115 Å². The van der Waals surface area contributed by atoms with E-state index < -0.39 is 72.5 Å². The summed E-state index contributed by atoms with van der Waals surface area (Å²) in [4.78, 5) is 130. The van der Waals surface area contributed by atoms with Gasteiger partial charge in [-0.05, 0) is 80.8 Å². The number of rotatable bonds is 15. The van der Waals surface area contributed by atoms with Crippen molar-refractivity contribution in [1.82, 2.24) is 35.6 Å². The largest absolute Gasteiger partial charge is 0.399 e. The highest BCUT2D eigenvalue weighted by atomic mass is 31.2. The van der Waals surface area contributed by atoms with Gasteiger partial charge in [0, 0.05) is 85.5 Å². The lowest BCUT2D eigenvalue weighted by Gasteiger charge is -2.38. The van der Waals surface area contributed by atoms with E-state index in [2.05, 4.69) is 32.8 Å². The molecule has 3 fully saturated rings.